The number of ether oxygens (including phenoxy) is 1. The molecule has 1 atom stereocenters. The fraction of sp³-hybridized carbons (Fsp3) is 0.100. The van der Waals surface area contributed by atoms with Crippen molar-refractivity contribution in [2.75, 3.05) is 5.32 Å². The molecule has 2 aromatic carbocycles. The predicted octanol–water partition coefficient (Wildman–Crippen LogP) is 5.30. The summed E-state index contributed by atoms with van der Waals surface area (Å²) in [6.45, 7) is 1.69. The minimum Gasteiger partial charge on any atom is -0.483 e. The number of rotatable bonds is 6. The summed E-state index contributed by atoms with van der Waals surface area (Å²) in [5.74, 6) is 0.239. The molecule has 4 nitrogen and oxygen atoms in total. The van der Waals surface area contributed by atoms with Gasteiger partial charge in [-0.25, -0.2) is 0 Å². The number of halogens is 1. The lowest BCUT2D eigenvalue weighted by Gasteiger charge is -2.14. The van der Waals surface area contributed by atoms with Crippen molar-refractivity contribution in [3.05, 3.63) is 81.5 Å². The van der Waals surface area contributed by atoms with Crippen molar-refractivity contribution >= 4 is 40.3 Å². The van der Waals surface area contributed by atoms with E-state index in [4.69, 9.17) is 16.3 Å². The highest BCUT2D eigenvalue weighted by molar-refractivity contribution is 7.12. The van der Waals surface area contributed by atoms with Gasteiger partial charge in [-0.1, -0.05) is 29.8 Å². The SMILES string of the molecule is CC(Oc1ccc(NC(=O)c2cccs2)cc1)C(=O)c1cccc(Cl)c1. The molecule has 0 aliphatic rings. The highest BCUT2D eigenvalue weighted by atomic mass is 35.5. The predicted molar refractivity (Wildman–Crippen MR) is 105 cm³/mol. The summed E-state index contributed by atoms with van der Waals surface area (Å²) in [4.78, 5) is 25.1. The summed E-state index contributed by atoms with van der Waals surface area (Å²) in [7, 11) is 0. The zero-order chi connectivity index (χ0) is 18.5. The van der Waals surface area contributed by atoms with Gasteiger partial charge in [0.15, 0.2) is 6.10 Å². The van der Waals surface area contributed by atoms with Gasteiger partial charge in [-0.2, -0.15) is 0 Å². The van der Waals surface area contributed by atoms with Crippen LogP contribution in [0, 0.1) is 0 Å². The van der Waals surface area contributed by atoms with Gasteiger partial charge in [0.1, 0.15) is 5.75 Å². The summed E-state index contributed by atoms with van der Waals surface area (Å²) in [6.07, 6.45) is -0.653. The van der Waals surface area contributed by atoms with Gasteiger partial charge in [0.25, 0.3) is 5.91 Å². The third-order valence-electron chi connectivity index (χ3n) is 3.65. The van der Waals surface area contributed by atoms with Gasteiger partial charge < -0.3 is 10.1 Å². The van der Waals surface area contributed by atoms with Crippen LogP contribution in [0.4, 0.5) is 5.69 Å². The van der Waals surface area contributed by atoms with Crippen LogP contribution in [0.1, 0.15) is 27.0 Å². The van der Waals surface area contributed by atoms with Crippen molar-refractivity contribution in [3.8, 4) is 5.75 Å². The molecule has 1 N–H and O–H groups in total. The summed E-state index contributed by atoms with van der Waals surface area (Å²) >= 11 is 7.30. The number of benzene rings is 2. The number of amides is 1. The molecule has 26 heavy (non-hydrogen) atoms. The van der Waals surface area contributed by atoms with E-state index >= 15 is 0 Å². The molecule has 132 valence electrons. The van der Waals surface area contributed by atoms with E-state index in [-0.39, 0.29) is 11.7 Å². The quantitative estimate of drug-likeness (QED) is 0.585. The molecule has 0 radical (unpaired) electrons. The Morgan fingerprint density at radius 3 is 2.50 bits per heavy atom. The zero-order valence-corrected chi connectivity index (χ0v) is 15.5. The minimum absolute atomic E-state index is 0.150. The zero-order valence-electron chi connectivity index (χ0n) is 13.9. The molecule has 0 spiro atoms. The smallest absolute Gasteiger partial charge is 0.265 e. The van der Waals surface area contributed by atoms with E-state index in [0.29, 0.717) is 26.9 Å². The van der Waals surface area contributed by atoms with Crippen LogP contribution < -0.4 is 10.1 Å². The Labute approximate surface area is 160 Å². The standard InChI is InChI=1S/C20H16ClNO3S/c1-13(19(23)14-4-2-5-15(21)12-14)25-17-9-7-16(8-10-17)22-20(24)18-6-3-11-26-18/h2-13H,1H3,(H,22,24). The first kappa shape index (κ1) is 18.2. The number of anilines is 1. The summed E-state index contributed by atoms with van der Waals surface area (Å²) in [5, 5.41) is 5.17. The molecule has 0 bridgehead atoms. The van der Waals surface area contributed by atoms with E-state index in [1.807, 2.05) is 11.4 Å². The molecule has 1 heterocycles. The van der Waals surface area contributed by atoms with E-state index < -0.39 is 6.10 Å². The Morgan fingerprint density at radius 1 is 1.08 bits per heavy atom. The number of Topliss-reactive ketones (excluding diaryl/α,β-unsaturated/α-hetero) is 1. The number of thiophene rings is 1. The molecule has 1 aromatic heterocycles. The van der Waals surface area contributed by atoms with Crippen LogP contribution in [0.15, 0.2) is 66.0 Å². The van der Waals surface area contributed by atoms with Crippen LogP contribution in [0.5, 0.6) is 5.75 Å². The molecule has 1 unspecified atom stereocenters. The molecule has 3 aromatic rings. The van der Waals surface area contributed by atoms with Gasteiger partial charge in [-0.15, -0.1) is 11.3 Å². The molecule has 0 aliphatic carbocycles. The molecule has 0 fully saturated rings. The monoisotopic (exact) mass is 385 g/mol. The van der Waals surface area contributed by atoms with E-state index in [1.54, 1.807) is 61.5 Å². The lowest BCUT2D eigenvalue weighted by molar-refractivity contribution is 0.0818. The third kappa shape index (κ3) is 4.50. The Kier molecular flexibility index (Phi) is 5.71. The second kappa shape index (κ2) is 8.17. The Bertz CT molecular complexity index is 907. The maximum atomic E-state index is 12.4. The van der Waals surface area contributed by atoms with Crippen LogP contribution in [0.2, 0.25) is 5.02 Å². The minimum atomic E-state index is -0.653. The van der Waals surface area contributed by atoms with Crippen LogP contribution in [-0.4, -0.2) is 17.8 Å². The highest BCUT2D eigenvalue weighted by Gasteiger charge is 2.17. The first-order chi connectivity index (χ1) is 12.5. The maximum Gasteiger partial charge on any atom is 0.265 e. The molecule has 0 aliphatic heterocycles. The Balaban J connectivity index is 1.61. The number of carbonyl (C=O) groups excluding carboxylic acids is 2. The molecular weight excluding hydrogens is 370 g/mol. The first-order valence-electron chi connectivity index (χ1n) is 7.94. The fourth-order valence-corrected chi connectivity index (χ4v) is 3.16. The van der Waals surface area contributed by atoms with Gasteiger partial charge in [0, 0.05) is 16.3 Å². The van der Waals surface area contributed by atoms with Crippen molar-refractivity contribution in [1.82, 2.24) is 0 Å². The van der Waals surface area contributed by atoms with Crippen molar-refractivity contribution in [1.29, 1.82) is 0 Å². The molecule has 6 heteroatoms. The van der Waals surface area contributed by atoms with Gasteiger partial charge >= 0.3 is 0 Å². The average molecular weight is 386 g/mol. The van der Waals surface area contributed by atoms with Crippen molar-refractivity contribution in [2.24, 2.45) is 0 Å². The largest absolute Gasteiger partial charge is 0.483 e. The second-order valence-electron chi connectivity index (χ2n) is 5.59. The normalized spacial score (nSPS) is 11.6. The van der Waals surface area contributed by atoms with Gasteiger partial charge in [-0.05, 0) is 54.8 Å². The Morgan fingerprint density at radius 2 is 1.85 bits per heavy atom. The summed E-state index contributed by atoms with van der Waals surface area (Å²) < 4.78 is 5.70. The molecule has 0 saturated carbocycles. The lowest BCUT2D eigenvalue weighted by atomic mass is 10.1. The number of hydrogen-bond acceptors (Lipinski definition) is 4. The first-order valence-corrected chi connectivity index (χ1v) is 9.20. The third-order valence-corrected chi connectivity index (χ3v) is 4.75. The van der Waals surface area contributed by atoms with Gasteiger partial charge in [0.05, 0.1) is 4.88 Å². The van der Waals surface area contributed by atoms with Crippen LogP contribution in [-0.2, 0) is 0 Å². The summed E-state index contributed by atoms with van der Waals surface area (Å²) in [6, 6.07) is 17.3. The number of ketones is 1. The van der Waals surface area contributed by atoms with E-state index in [2.05, 4.69) is 5.32 Å². The number of carbonyl (C=O) groups is 2. The molecule has 0 saturated heterocycles. The van der Waals surface area contributed by atoms with E-state index in [9.17, 15) is 9.59 Å². The van der Waals surface area contributed by atoms with Gasteiger partial charge in [-0.3, -0.25) is 9.59 Å². The fourth-order valence-electron chi connectivity index (χ4n) is 2.35. The highest BCUT2D eigenvalue weighted by Crippen LogP contribution is 2.20. The lowest BCUT2D eigenvalue weighted by Crippen LogP contribution is -2.23. The van der Waals surface area contributed by atoms with E-state index in [0.717, 1.165) is 0 Å². The van der Waals surface area contributed by atoms with Gasteiger partial charge in [0.2, 0.25) is 5.78 Å². The average Bonchev–Trinajstić information content (AvgIpc) is 3.17. The molecule has 1 amide bonds. The summed E-state index contributed by atoms with van der Waals surface area (Å²) in [5.41, 5.74) is 1.16. The number of nitrogens with one attached hydrogen (secondary N) is 1. The molecule has 3 rings (SSSR count). The van der Waals surface area contributed by atoms with Crippen LogP contribution >= 0.6 is 22.9 Å². The Hall–Kier alpha value is -2.63. The van der Waals surface area contributed by atoms with Crippen LogP contribution in [0.3, 0.4) is 0 Å². The topological polar surface area (TPSA) is 55.4 Å². The maximum absolute atomic E-state index is 12.4. The van der Waals surface area contributed by atoms with E-state index in [1.165, 1.54) is 11.3 Å². The molecular formula is C20H16ClNO3S. The van der Waals surface area contributed by atoms with Crippen molar-refractivity contribution < 1.29 is 14.3 Å². The number of hydrogen-bond donors (Lipinski definition) is 1. The van der Waals surface area contributed by atoms with Crippen molar-refractivity contribution in [2.45, 2.75) is 13.0 Å². The van der Waals surface area contributed by atoms with Crippen molar-refractivity contribution in [3.63, 3.8) is 0 Å². The second-order valence-corrected chi connectivity index (χ2v) is 6.97. The van der Waals surface area contributed by atoms with Crippen LogP contribution in [0.25, 0.3) is 0 Å².